The maximum Gasteiger partial charge on any atom is 0.262 e. The molecule has 2 N–H and O–H groups in total. The highest BCUT2D eigenvalue weighted by atomic mass is 35.5. The summed E-state index contributed by atoms with van der Waals surface area (Å²) in [7, 11) is -3.13. The molecule has 1 fully saturated rings. The van der Waals surface area contributed by atoms with Crippen molar-refractivity contribution in [1.29, 1.82) is 0 Å². The number of hydrogen-bond acceptors (Lipinski definition) is 4. The van der Waals surface area contributed by atoms with E-state index in [1.807, 2.05) is 0 Å². The largest absolute Gasteiger partial charge is 0.273 e. The molecule has 1 aromatic carbocycles. The Morgan fingerprint density at radius 3 is 2.68 bits per heavy atom. The van der Waals surface area contributed by atoms with Gasteiger partial charge >= 0.3 is 0 Å². The van der Waals surface area contributed by atoms with Gasteiger partial charge in [0.2, 0.25) is 5.91 Å². The van der Waals surface area contributed by atoms with Crippen LogP contribution in [0.5, 0.6) is 0 Å². The SMILES string of the molecule is O=C(/C=C/c1cccc(Cl)c1)NNC(=O)[C@@H]1CCS(=O)(=O)C1. The van der Waals surface area contributed by atoms with E-state index in [0.717, 1.165) is 5.56 Å². The third-order valence-corrected chi connectivity index (χ3v) is 5.19. The molecule has 22 heavy (non-hydrogen) atoms. The molecular weight excluding hydrogens is 328 g/mol. The molecule has 0 aliphatic carbocycles. The highest BCUT2D eigenvalue weighted by molar-refractivity contribution is 7.91. The van der Waals surface area contributed by atoms with Gasteiger partial charge in [-0.1, -0.05) is 23.7 Å². The zero-order valence-corrected chi connectivity index (χ0v) is 13.2. The third-order valence-electron chi connectivity index (χ3n) is 3.19. The van der Waals surface area contributed by atoms with E-state index in [2.05, 4.69) is 10.9 Å². The lowest BCUT2D eigenvalue weighted by Crippen LogP contribution is -2.44. The summed E-state index contributed by atoms with van der Waals surface area (Å²) in [5, 5.41) is 0.554. The van der Waals surface area contributed by atoms with Gasteiger partial charge < -0.3 is 0 Å². The lowest BCUT2D eigenvalue weighted by molar-refractivity contribution is -0.129. The van der Waals surface area contributed by atoms with Crippen LogP contribution in [-0.4, -0.2) is 31.7 Å². The Kier molecular flexibility index (Phi) is 5.20. The number of hydrazine groups is 1. The van der Waals surface area contributed by atoms with Crippen molar-refractivity contribution < 1.29 is 18.0 Å². The average Bonchev–Trinajstić information content (AvgIpc) is 2.83. The third kappa shape index (κ3) is 4.85. The molecule has 1 aromatic rings. The Hall–Kier alpha value is -1.86. The molecule has 0 saturated carbocycles. The highest BCUT2D eigenvalue weighted by Crippen LogP contribution is 2.18. The zero-order valence-electron chi connectivity index (χ0n) is 11.6. The molecule has 2 amide bonds. The van der Waals surface area contributed by atoms with Crippen LogP contribution in [0.2, 0.25) is 5.02 Å². The second-order valence-corrected chi connectivity index (χ2v) is 7.63. The Morgan fingerprint density at radius 2 is 2.05 bits per heavy atom. The number of hydrogen-bond donors (Lipinski definition) is 2. The molecule has 1 saturated heterocycles. The number of carbonyl (C=O) groups is 2. The van der Waals surface area contributed by atoms with Crippen molar-refractivity contribution in [2.24, 2.45) is 5.92 Å². The Bertz CT molecular complexity index is 715. The van der Waals surface area contributed by atoms with Crippen LogP contribution in [0.4, 0.5) is 0 Å². The lowest BCUT2D eigenvalue weighted by atomic mass is 10.1. The summed E-state index contributed by atoms with van der Waals surface area (Å²) >= 11 is 5.82. The summed E-state index contributed by atoms with van der Waals surface area (Å²) in [5.74, 6) is -1.79. The number of nitrogens with one attached hydrogen (secondary N) is 2. The van der Waals surface area contributed by atoms with Crippen molar-refractivity contribution in [1.82, 2.24) is 10.9 Å². The first-order chi connectivity index (χ1) is 10.4. The van der Waals surface area contributed by atoms with Crippen LogP contribution in [0.15, 0.2) is 30.3 Å². The van der Waals surface area contributed by atoms with Gasteiger partial charge in [0.15, 0.2) is 9.84 Å². The average molecular weight is 343 g/mol. The Morgan fingerprint density at radius 1 is 1.27 bits per heavy atom. The van der Waals surface area contributed by atoms with Crippen LogP contribution < -0.4 is 10.9 Å². The molecule has 118 valence electrons. The molecule has 2 rings (SSSR count). The van der Waals surface area contributed by atoms with Gasteiger partial charge in [-0.15, -0.1) is 0 Å². The van der Waals surface area contributed by atoms with Gasteiger partial charge in [0.25, 0.3) is 5.91 Å². The fourth-order valence-electron chi connectivity index (χ4n) is 2.05. The lowest BCUT2D eigenvalue weighted by Gasteiger charge is -2.09. The highest BCUT2D eigenvalue weighted by Gasteiger charge is 2.32. The van der Waals surface area contributed by atoms with Gasteiger partial charge in [-0.3, -0.25) is 20.4 Å². The van der Waals surface area contributed by atoms with Crippen molar-refractivity contribution in [3.63, 3.8) is 0 Å². The first-order valence-corrected chi connectivity index (χ1v) is 8.79. The number of halogens is 1. The number of benzene rings is 1. The van der Waals surface area contributed by atoms with Gasteiger partial charge in [-0.25, -0.2) is 8.42 Å². The van der Waals surface area contributed by atoms with Gasteiger partial charge in [0, 0.05) is 11.1 Å². The van der Waals surface area contributed by atoms with Gasteiger partial charge in [0.1, 0.15) is 0 Å². The molecule has 0 spiro atoms. The van der Waals surface area contributed by atoms with Crippen molar-refractivity contribution in [2.75, 3.05) is 11.5 Å². The molecule has 6 nitrogen and oxygen atoms in total. The molecule has 0 bridgehead atoms. The smallest absolute Gasteiger partial charge is 0.262 e. The normalized spacial score (nSPS) is 20.0. The minimum Gasteiger partial charge on any atom is -0.273 e. The van der Waals surface area contributed by atoms with Crippen molar-refractivity contribution in [2.45, 2.75) is 6.42 Å². The van der Waals surface area contributed by atoms with E-state index in [0.29, 0.717) is 5.02 Å². The number of sulfone groups is 1. The summed E-state index contributed by atoms with van der Waals surface area (Å²) in [6.07, 6.45) is 3.08. The minimum atomic E-state index is -3.13. The second-order valence-electron chi connectivity index (χ2n) is 4.97. The molecule has 1 aliphatic heterocycles. The van der Waals surface area contributed by atoms with Crippen molar-refractivity contribution >= 4 is 39.3 Å². The molecule has 8 heteroatoms. The zero-order chi connectivity index (χ0) is 16.2. The van der Waals surface area contributed by atoms with Crippen molar-refractivity contribution in [3.8, 4) is 0 Å². The van der Waals surface area contributed by atoms with Gasteiger partial charge in [-0.2, -0.15) is 0 Å². The summed E-state index contributed by atoms with van der Waals surface area (Å²) in [6.45, 7) is 0. The first-order valence-electron chi connectivity index (χ1n) is 6.60. The van der Waals surface area contributed by atoms with E-state index in [9.17, 15) is 18.0 Å². The molecule has 0 radical (unpaired) electrons. The van der Waals surface area contributed by atoms with Crippen LogP contribution in [0.3, 0.4) is 0 Å². The van der Waals surface area contributed by atoms with Crippen molar-refractivity contribution in [3.05, 3.63) is 40.9 Å². The standard InChI is InChI=1S/C14H15ClN2O4S/c15-12-3-1-2-10(8-12)4-5-13(18)16-17-14(19)11-6-7-22(20,21)9-11/h1-5,8,11H,6-7,9H2,(H,16,18)(H,17,19)/b5-4+/t11-/m1/s1. The topological polar surface area (TPSA) is 92.3 Å². The van der Waals surface area contributed by atoms with Crippen LogP contribution >= 0.6 is 11.6 Å². The number of amides is 2. The molecule has 1 heterocycles. The summed E-state index contributed by atoms with van der Waals surface area (Å²) in [4.78, 5) is 23.3. The molecular formula is C14H15ClN2O4S. The first kappa shape index (κ1) is 16.5. The predicted molar refractivity (Wildman–Crippen MR) is 83.5 cm³/mol. The Labute approximate surface area is 133 Å². The maximum atomic E-state index is 11.7. The van der Waals surface area contributed by atoms with Crippen LogP contribution in [0, 0.1) is 5.92 Å². The van der Waals surface area contributed by atoms with Crippen LogP contribution in [-0.2, 0) is 19.4 Å². The quantitative estimate of drug-likeness (QED) is 0.631. The second kappa shape index (κ2) is 6.93. The number of carbonyl (C=O) groups excluding carboxylic acids is 2. The maximum absolute atomic E-state index is 11.7. The van der Waals surface area contributed by atoms with E-state index in [-0.39, 0.29) is 17.9 Å². The minimum absolute atomic E-state index is 0.00764. The fourth-order valence-corrected chi connectivity index (χ4v) is 3.99. The fraction of sp³-hybridized carbons (Fsp3) is 0.286. The van der Waals surface area contributed by atoms with E-state index in [4.69, 9.17) is 11.6 Å². The van der Waals surface area contributed by atoms with E-state index >= 15 is 0 Å². The molecule has 1 aliphatic rings. The van der Waals surface area contributed by atoms with E-state index in [1.165, 1.54) is 6.08 Å². The van der Waals surface area contributed by atoms with Gasteiger partial charge in [-0.05, 0) is 30.2 Å². The van der Waals surface area contributed by atoms with Crippen LogP contribution in [0.25, 0.3) is 6.08 Å². The van der Waals surface area contributed by atoms with Crippen LogP contribution in [0.1, 0.15) is 12.0 Å². The van der Waals surface area contributed by atoms with E-state index < -0.39 is 27.6 Å². The predicted octanol–water partition coefficient (Wildman–Crippen LogP) is 0.935. The summed E-state index contributed by atoms with van der Waals surface area (Å²) in [5.41, 5.74) is 5.19. The Balaban J connectivity index is 1.82. The number of rotatable bonds is 3. The molecule has 0 aromatic heterocycles. The monoisotopic (exact) mass is 342 g/mol. The van der Waals surface area contributed by atoms with Gasteiger partial charge in [0.05, 0.1) is 17.4 Å². The summed E-state index contributed by atoms with van der Waals surface area (Å²) < 4.78 is 22.6. The molecule has 1 atom stereocenters. The summed E-state index contributed by atoms with van der Waals surface area (Å²) in [6, 6.07) is 6.93. The molecule has 0 unspecified atom stereocenters. The van der Waals surface area contributed by atoms with E-state index in [1.54, 1.807) is 30.3 Å².